The minimum absolute atomic E-state index is 0.0442. The number of amides is 1. The normalized spacial score (nSPS) is 11.9. The lowest BCUT2D eigenvalue weighted by atomic mass is 10.1. The van der Waals surface area contributed by atoms with Crippen LogP contribution in [0.4, 0.5) is 5.69 Å². The van der Waals surface area contributed by atoms with Crippen molar-refractivity contribution < 1.29 is 14.6 Å². The molecular formula is C13H20N2O3. The fraction of sp³-hybridized carbons (Fsp3) is 0.462. The van der Waals surface area contributed by atoms with E-state index in [1.807, 2.05) is 13.8 Å². The van der Waals surface area contributed by atoms with Crippen molar-refractivity contribution in [2.75, 3.05) is 18.9 Å². The summed E-state index contributed by atoms with van der Waals surface area (Å²) in [6, 6.07) is 4.85. The Bertz CT molecular complexity index is 407. The van der Waals surface area contributed by atoms with Gasteiger partial charge in [-0.2, -0.15) is 0 Å². The second kappa shape index (κ2) is 6.86. The Hall–Kier alpha value is -1.75. The molecule has 1 atom stereocenters. The zero-order valence-electron chi connectivity index (χ0n) is 10.8. The predicted octanol–water partition coefficient (Wildman–Crippen LogP) is 1.17. The number of aliphatic hydroxyl groups is 1. The predicted molar refractivity (Wildman–Crippen MR) is 70.7 cm³/mol. The molecule has 0 radical (unpaired) electrons. The molecule has 0 spiro atoms. The summed E-state index contributed by atoms with van der Waals surface area (Å²) in [6.45, 7) is 4.27. The molecule has 1 unspecified atom stereocenters. The van der Waals surface area contributed by atoms with Crippen molar-refractivity contribution in [1.29, 1.82) is 0 Å². The van der Waals surface area contributed by atoms with E-state index in [-0.39, 0.29) is 18.6 Å². The Labute approximate surface area is 107 Å². The fourth-order valence-corrected chi connectivity index (χ4v) is 1.58. The van der Waals surface area contributed by atoms with Gasteiger partial charge in [-0.05, 0) is 32.4 Å². The van der Waals surface area contributed by atoms with E-state index in [1.54, 1.807) is 18.2 Å². The molecule has 4 N–H and O–H groups in total. The third-order valence-electron chi connectivity index (χ3n) is 2.44. The maximum absolute atomic E-state index is 11.9. The summed E-state index contributed by atoms with van der Waals surface area (Å²) in [5.41, 5.74) is 6.67. The Balaban J connectivity index is 2.78. The van der Waals surface area contributed by atoms with Crippen LogP contribution in [-0.4, -0.2) is 30.3 Å². The number of hydrogen-bond acceptors (Lipinski definition) is 4. The average molecular weight is 252 g/mol. The van der Waals surface area contributed by atoms with Gasteiger partial charge in [0.25, 0.3) is 5.91 Å². The number of benzene rings is 1. The first-order chi connectivity index (χ1) is 8.56. The molecule has 0 bridgehead atoms. The molecule has 0 aliphatic heterocycles. The summed E-state index contributed by atoms with van der Waals surface area (Å²) in [7, 11) is 0. The van der Waals surface area contributed by atoms with Crippen LogP contribution in [0.25, 0.3) is 0 Å². The number of nitrogens with two attached hydrogens (primary N) is 1. The van der Waals surface area contributed by atoms with Gasteiger partial charge < -0.3 is 20.9 Å². The Morgan fingerprint density at radius 1 is 1.50 bits per heavy atom. The standard InChI is InChI=1S/C13H20N2O3/c1-3-18-12-7-10(6-11(14)8-12)13(17)15-9(2)4-5-16/h6-9,16H,3-5,14H2,1-2H3,(H,15,17). The molecule has 0 saturated carbocycles. The molecule has 1 rings (SSSR count). The number of hydrogen-bond donors (Lipinski definition) is 3. The molecule has 5 heteroatoms. The highest BCUT2D eigenvalue weighted by Gasteiger charge is 2.11. The molecule has 1 aromatic carbocycles. The molecule has 1 aromatic rings. The van der Waals surface area contributed by atoms with Gasteiger partial charge in [-0.15, -0.1) is 0 Å². The van der Waals surface area contributed by atoms with Crippen LogP contribution in [-0.2, 0) is 0 Å². The fourth-order valence-electron chi connectivity index (χ4n) is 1.58. The Morgan fingerprint density at radius 3 is 2.83 bits per heavy atom. The van der Waals surface area contributed by atoms with Gasteiger partial charge >= 0.3 is 0 Å². The van der Waals surface area contributed by atoms with Gasteiger partial charge in [0.2, 0.25) is 0 Å². The van der Waals surface area contributed by atoms with E-state index in [9.17, 15) is 4.79 Å². The van der Waals surface area contributed by atoms with E-state index >= 15 is 0 Å². The second-order valence-corrected chi connectivity index (χ2v) is 4.11. The SMILES string of the molecule is CCOc1cc(N)cc(C(=O)NC(C)CCO)c1. The van der Waals surface area contributed by atoms with Crippen molar-refractivity contribution in [2.24, 2.45) is 0 Å². The molecule has 100 valence electrons. The highest BCUT2D eigenvalue weighted by Crippen LogP contribution is 2.19. The van der Waals surface area contributed by atoms with Crippen LogP contribution in [0.3, 0.4) is 0 Å². The summed E-state index contributed by atoms with van der Waals surface area (Å²) < 4.78 is 5.33. The zero-order chi connectivity index (χ0) is 13.5. The van der Waals surface area contributed by atoms with Crippen LogP contribution < -0.4 is 15.8 Å². The summed E-state index contributed by atoms with van der Waals surface area (Å²) in [6.07, 6.45) is 0.520. The van der Waals surface area contributed by atoms with E-state index in [0.29, 0.717) is 30.0 Å². The molecule has 0 aromatic heterocycles. The maximum atomic E-state index is 11.9. The molecule has 0 saturated heterocycles. The maximum Gasteiger partial charge on any atom is 0.251 e. The summed E-state index contributed by atoms with van der Waals surface area (Å²) >= 11 is 0. The highest BCUT2D eigenvalue weighted by molar-refractivity contribution is 5.95. The number of rotatable bonds is 6. The molecule has 0 heterocycles. The third kappa shape index (κ3) is 4.25. The molecule has 0 fully saturated rings. The van der Waals surface area contributed by atoms with Crippen LogP contribution in [0.2, 0.25) is 0 Å². The smallest absolute Gasteiger partial charge is 0.251 e. The van der Waals surface area contributed by atoms with Crippen molar-refractivity contribution in [1.82, 2.24) is 5.32 Å². The number of carbonyl (C=O) groups is 1. The lowest BCUT2D eigenvalue weighted by molar-refractivity contribution is 0.0934. The van der Waals surface area contributed by atoms with Crippen LogP contribution in [0.1, 0.15) is 30.6 Å². The summed E-state index contributed by atoms with van der Waals surface area (Å²) in [5.74, 6) is 0.363. The van der Waals surface area contributed by atoms with Crippen molar-refractivity contribution in [3.8, 4) is 5.75 Å². The van der Waals surface area contributed by atoms with E-state index < -0.39 is 0 Å². The van der Waals surface area contributed by atoms with Gasteiger partial charge in [-0.25, -0.2) is 0 Å². The lowest BCUT2D eigenvalue weighted by Gasteiger charge is -2.13. The molecule has 1 amide bonds. The van der Waals surface area contributed by atoms with Crippen molar-refractivity contribution in [3.05, 3.63) is 23.8 Å². The second-order valence-electron chi connectivity index (χ2n) is 4.11. The number of nitrogen functional groups attached to an aromatic ring is 1. The topological polar surface area (TPSA) is 84.6 Å². The number of anilines is 1. The molecule has 0 aliphatic carbocycles. The molecule has 5 nitrogen and oxygen atoms in total. The van der Waals surface area contributed by atoms with E-state index in [4.69, 9.17) is 15.6 Å². The average Bonchev–Trinajstić information content (AvgIpc) is 2.28. The zero-order valence-corrected chi connectivity index (χ0v) is 10.8. The van der Waals surface area contributed by atoms with Crippen molar-refractivity contribution in [2.45, 2.75) is 26.3 Å². The minimum atomic E-state index is -0.218. The van der Waals surface area contributed by atoms with Gasteiger partial charge in [0.05, 0.1) is 6.61 Å². The summed E-state index contributed by atoms with van der Waals surface area (Å²) in [4.78, 5) is 11.9. The van der Waals surface area contributed by atoms with Crippen molar-refractivity contribution >= 4 is 11.6 Å². The monoisotopic (exact) mass is 252 g/mol. The van der Waals surface area contributed by atoms with E-state index in [2.05, 4.69) is 5.32 Å². The van der Waals surface area contributed by atoms with Gasteiger partial charge in [0.15, 0.2) is 0 Å². The molecule has 18 heavy (non-hydrogen) atoms. The largest absolute Gasteiger partial charge is 0.494 e. The molecular weight excluding hydrogens is 232 g/mol. The highest BCUT2D eigenvalue weighted by atomic mass is 16.5. The van der Waals surface area contributed by atoms with E-state index in [1.165, 1.54) is 0 Å². The first-order valence-electron chi connectivity index (χ1n) is 6.02. The lowest BCUT2D eigenvalue weighted by Crippen LogP contribution is -2.33. The quantitative estimate of drug-likeness (QED) is 0.663. The van der Waals surface area contributed by atoms with Crippen LogP contribution >= 0.6 is 0 Å². The van der Waals surface area contributed by atoms with Gasteiger partial charge in [0.1, 0.15) is 5.75 Å². The number of carbonyl (C=O) groups excluding carboxylic acids is 1. The van der Waals surface area contributed by atoms with Crippen LogP contribution in [0, 0.1) is 0 Å². The Kier molecular flexibility index (Phi) is 5.45. The van der Waals surface area contributed by atoms with Gasteiger partial charge in [-0.1, -0.05) is 0 Å². The van der Waals surface area contributed by atoms with Crippen LogP contribution in [0.5, 0.6) is 5.75 Å². The van der Waals surface area contributed by atoms with Crippen LogP contribution in [0.15, 0.2) is 18.2 Å². The number of ether oxygens (including phenoxy) is 1. The Morgan fingerprint density at radius 2 is 2.22 bits per heavy atom. The first kappa shape index (κ1) is 14.3. The van der Waals surface area contributed by atoms with Gasteiger partial charge in [-0.3, -0.25) is 4.79 Å². The van der Waals surface area contributed by atoms with Gasteiger partial charge in [0, 0.05) is 30.0 Å². The van der Waals surface area contributed by atoms with Crippen molar-refractivity contribution in [3.63, 3.8) is 0 Å². The van der Waals surface area contributed by atoms with E-state index in [0.717, 1.165) is 0 Å². The minimum Gasteiger partial charge on any atom is -0.494 e. The molecule has 0 aliphatic rings. The number of nitrogens with one attached hydrogen (secondary N) is 1. The first-order valence-corrected chi connectivity index (χ1v) is 6.02. The third-order valence-corrected chi connectivity index (χ3v) is 2.44. The number of aliphatic hydroxyl groups excluding tert-OH is 1. The summed E-state index contributed by atoms with van der Waals surface area (Å²) in [5, 5.41) is 11.6.